The molecule has 2 aromatic rings. The van der Waals surface area contributed by atoms with E-state index in [-0.39, 0.29) is 11.1 Å². The number of benzene rings is 1. The lowest BCUT2D eigenvalue weighted by atomic mass is 10.1. The van der Waals surface area contributed by atoms with Gasteiger partial charge < -0.3 is 4.57 Å². The van der Waals surface area contributed by atoms with E-state index in [1.165, 1.54) is 6.07 Å². The summed E-state index contributed by atoms with van der Waals surface area (Å²) in [6.45, 7) is 2.70. The molecule has 0 N–H and O–H groups in total. The number of hydrogen-bond donors (Lipinski definition) is 0. The van der Waals surface area contributed by atoms with Crippen LogP contribution < -0.4 is 5.56 Å². The predicted molar refractivity (Wildman–Crippen MR) is 85.8 cm³/mol. The molecule has 0 atom stereocenters. The smallest absolute Gasteiger partial charge is 0.263 e. The van der Waals surface area contributed by atoms with Crippen molar-refractivity contribution in [2.45, 2.75) is 32.7 Å². The van der Waals surface area contributed by atoms with Crippen LogP contribution in [0.15, 0.2) is 47.3 Å². The summed E-state index contributed by atoms with van der Waals surface area (Å²) >= 11 is 5.49. The molecule has 0 fully saturated rings. The number of carbonyl (C=O) groups is 1. The van der Waals surface area contributed by atoms with Crippen LogP contribution in [0.4, 0.5) is 0 Å². The van der Waals surface area contributed by atoms with Gasteiger partial charge in [0, 0.05) is 6.54 Å². The Morgan fingerprint density at radius 2 is 1.81 bits per heavy atom. The molecule has 0 saturated heterocycles. The van der Waals surface area contributed by atoms with Gasteiger partial charge >= 0.3 is 0 Å². The molecule has 0 spiro atoms. The second kappa shape index (κ2) is 7.23. The summed E-state index contributed by atoms with van der Waals surface area (Å²) in [5.74, 6) is 0. The first-order valence-electron chi connectivity index (χ1n) is 7.14. The Bertz CT molecular complexity index is 677. The largest absolute Gasteiger partial charge is 0.308 e. The maximum atomic E-state index is 12.5. The molecular formula is C17H18ClNO2. The van der Waals surface area contributed by atoms with E-state index in [0.29, 0.717) is 6.54 Å². The Balaban J connectivity index is 2.51. The average molecular weight is 304 g/mol. The number of unbranched alkanes of at least 4 members (excludes halogenated alkanes) is 2. The number of carbonyl (C=O) groups excluding carboxylic acids is 1. The average Bonchev–Trinajstić information content (AvgIpc) is 2.49. The first-order chi connectivity index (χ1) is 10.1. The lowest BCUT2D eigenvalue weighted by Gasteiger charge is -2.14. The summed E-state index contributed by atoms with van der Waals surface area (Å²) in [5.41, 5.74) is 1.50. The van der Waals surface area contributed by atoms with Crippen molar-refractivity contribution in [2.24, 2.45) is 0 Å². The summed E-state index contributed by atoms with van der Waals surface area (Å²) in [7, 11) is 0. The number of rotatable bonds is 6. The van der Waals surface area contributed by atoms with Crippen molar-refractivity contribution in [3.63, 3.8) is 0 Å². The molecule has 1 aromatic carbocycles. The lowest BCUT2D eigenvalue weighted by molar-refractivity contribution is 0.107. The highest BCUT2D eigenvalue weighted by Gasteiger charge is 2.14. The van der Waals surface area contributed by atoms with Crippen molar-refractivity contribution in [1.82, 2.24) is 4.57 Å². The van der Waals surface area contributed by atoms with E-state index in [2.05, 4.69) is 6.92 Å². The molecule has 0 unspecified atom stereocenters. The van der Waals surface area contributed by atoms with Crippen molar-refractivity contribution >= 4 is 16.8 Å². The fourth-order valence-electron chi connectivity index (χ4n) is 2.33. The van der Waals surface area contributed by atoms with Crippen molar-refractivity contribution < 1.29 is 4.79 Å². The second-order valence-electron chi connectivity index (χ2n) is 4.94. The highest BCUT2D eigenvalue weighted by Crippen LogP contribution is 2.19. The van der Waals surface area contributed by atoms with Gasteiger partial charge in [0.25, 0.3) is 10.8 Å². The van der Waals surface area contributed by atoms with Crippen molar-refractivity contribution in [3.05, 3.63) is 58.4 Å². The van der Waals surface area contributed by atoms with Gasteiger partial charge in [0.15, 0.2) is 0 Å². The molecule has 0 aliphatic carbocycles. The molecule has 3 nitrogen and oxygen atoms in total. The fraction of sp³-hybridized carbons (Fsp3) is 0.294. The van der Waals surface area contributed by atoms with Gasteiger partial charge in [-0.3, -0.25) is 9.59 Å². The topological polar surface area (TPSA) is 39.1 Å². The van der Waals surface area contributed by atoms with Gasteiger partial charge in [0.1, 0.15) is 0 Å². The Morgan fingerprint density at radius 1 is 1.10 bits per heavy atom. The molecule has 0 aliphatic rings. The Morgan fingerprint density at radius 3 is 2.43 bits per heavy atom. The van der Waals surface area contributed by atoms with Crippen LogP contribution >= 0.6 is 11.6 Å². The predicted octanol–water partition coefficient (Wildman–Crippen LogP) is 4.08. The molecule has 2 rings (SSSR count). The monoisotopic (exact) mass is 303 g/mol. The zero-order valence-electron chi connectivity index (χ0n) is 12.0. The molecule has 0 saturated carbocycles. The number of hydrogen-bond acceptors (Lipinski definition) is 2. The molecule has 1 heterocycles. The van der Waals surface area contributed by atoms with Gasteiger partial charge in [-0.1, -0.05) is 50.1 Å². The van der Waals surface area contributed by atoms with E-state index in [1.54, 1.807) is 10.6 Å². The maximum absolute atomic E-state index is 12.5. The maximum Gasteiger partial charge on any atom is 0.263 e. The van der Waals surface area contributed by atoms with Gasteiger partial charge in [0.2, 0.25) is 0 Å². The van der Waals surface area contributed by atoms with E-state index in [4.69, 9.17) is 11.6 Å². The van der Waals surface area contributed by atoms with Gasteiger partial charge in [-0.2, -0.15) is 0 Å². The summed E-state index contributed by atoms with van der Waals surface area (Å²) in [6, 6.07) is 13.0. The number of pyridine rings is 1. The van der Waals surface area contributed by atoms with E-state index in [0.717, 1.165) is 30.5 Å². The van der Waals surface area contributed by atoms with Crippen LogP contribution in [0.5, 0.6) is 0 Å². The van der Waals surface area contributed by atoms with Gasteiger partial charge in [0.05, 0.1) is 11.3 Å². The first-order valence-corrected chi connectivity index (χ1v) is 7.52. The van der Waals surface area contributed by atoms with E-state index >= 15 is 0 Å². The first kappa shape index (κ1) is 15.5. The van der Waals surface area contributed by atoms with Crippen LogP contribution in [0.2, 0.25) is 0 Å². The molecule has 4 heteroatoms. The summed E-state index contributed by atoms with van der Waals surface area (Å²) < 4.78 is 1.65. The SMILES string of the molecule is CCCCCn1c(-c2ccccc2)ccc(C(=O)Cl)c1=O. The zero-order chi connectivity index (χ0) is 15.2. The van der Waals surface area contributed by atoms with Gasteiger partial charge in [-0.15, -0.1) is 0 Å². The third-order valence-corrected chi connectivity index (χ3v) is 3.64. The molecular weight excluding hydrogens is 286 g/mol. The van der Waals surface area contributed by atoms with Crippen LogP contribution in [-0.4, -0.2) is 9.81 Å². The highest BCUT2D eigenvalue weighted by atomic mass is 35.5. The van der Waals surface area contributed by atoms with Crippen LogP contribution in [0, 0.1) is 0 Å². The minimum atomic E-state index is -0.705. The quantitative estimate of drug-likeness (QED) is 0.595. The highest BCUT2D eigenvalue weighted by molar-refractivity contribution is 6.67. The van der Waals surface area contributed by atoms with E-state index < -0.39 is 5.24 Å². The number of nitrogens with zero attached hydrogens (tertiary/aromatic N) is 1. The van der Waals surface area contributed by atoms with E-state index in [9.17, 15) is 9.59 Å². The number of halogens is 1. The molecule has 0 amide bonds. The Kier molecular flexibility index (Phi) is 5.34. The lowest BCUT2D eigenvalue weighted by Crippen LogP contribution is -2.26. The standard InChI is InChI=1S/C17H18ClNO2/c1-2-3-7-12-19-15(13-8-5-4-6-9-13)11-10-14(16(18)20)17(19)21/h4-6,8-11H,2-3,7,12H2,1H3. The normalized spacial score (nSPS) is 10.6. The summed E-state index contributed by atoms with van der Waals surface area (Å²) in [5, 5.41) is -0.705. The second-order valence-corrected chi connectivity index (χ2v) is 5.28. The third-order valence-electron chi connectivity index (χ3n) is 3.44. The van der Waals surface area contributed by atoms with Crippen LogP contribution in [0.25, 0.3) is 11.3 Å². The van der Waals surface area contributed by atoms with Gasteiger partial charge in [-0.05, 0) is 35.7 Å². The Labute approximate surface area is 129 Å². The molecule has 21 heavy (non-hydrogen) atoms. The fourth-order valence-corrected chi connectivity index (χ4v) is 2.47. The summed E-state index contributed by atoms with van der Waals surface area (Å²) in [4.78, 5) is 23.8. The van der Waals surface area contributed by atoms with Crippen molar-refractivity contribution in [2.75, 3.05) is 0 Å². The summed E-state index contributed by atoms with van der Waals surface area (Å²) in [6.07, 6.45) is 3.01. The van der Waals surface area contributed by atoms with Crippen molar-refractivity contribution in [1.29, 1.82) is 0 Å². The molecule has 110 valence electrons. The minimum absolute atomic E-state index is 0.0350. The molecule has 0 bridgehead atoms. The number of aromatic nitrogens is 1. The molecule has 1 aromatic heterocycles. The van der Waals surface area contributed by atoms with Crippen LogP contribution in [-0.2, 0) is 6.54 Å². The third kappa shape index (κ3) is 3.61. The molecule has 0 radical (unpaired) electrons. The van der Waals surface area contributed by atoms with Crippen molar-refractivity contribution in [3.8, 4) is 11.3 Å². The molecule has 0 aliphatic heterocycles. The minimum Gasteiger partial charge on any atom is -0.308 e. The van der Waals surface area contributed by atoms with E-state index in [1.807, 2.05) is 30.3 Å². The van der Waals surface area contributed by atoms with Gasteiger partial charge in [-0.25, -0.2) is 0 Å². The zero-order valence-corrected chi connectivity index (χ0v) is 12.8. The van der Waals surface area contributed by atoms with Crippen LogP contribution in [0.1, 0.15) is 36.5 Å². The van der Waals surface area contributed by atoms with Crippen LogP contribution in [0.3, 0.4) is 0 Å². The Hall–Kier alpha value is -1.87.